The molecule has 0 aliphatic carbocycles. The summed E-state index contributed by atoms with van der Waals surface area (Å²) in [7, 11) is 1.73. The van der Waals surface area contributed by atoms with Gasteiger partial charge in [-0.15, -0.1) is 11.3 Å². The second-order valence-electron chi connectivity index (χ2n) is 8.11. The van der Waals surface area contributed by atoms with E-state index in [1.807, 2.05) is 30.5 Å². The van der Waals surface area contributed by atoms with Crippen molar-refractivity contribution in [2.24, 2.45) is 0 Å². The molecule has 0 spiro atoms. The Kier molecular flexibility index (Phi) is 7.43. The third-order valence-electron chi connectivity index (χ3n) is 6.22. The zero-order valence-electron chi connectivity index (χ0n) is 19.4. The number of para-hydroxylation sites is 2. The number of benzene rings is 1. The van der Waals surface area contributed by atoms with Gasteiger partial charge in [-0.05, 0) is 51.4 Å². The number of nitrogens with zero attached hydrogens (tertiary/aromatic N) is 4. The number of hydrogen-bond acceptors (Lipinski definition) is 7. The van der Waals surface area contributed by atoms with E-state index in [9.17, 15) is 4.79 Å². The summed E-state index contributed by atoms with van der Waals surface area (Å²) >= 11 is 3.34. The molecule has 0 saturated carbocycles. The summed E-state index contributed by atoms with van der Waals surface area (Å²) in [5, 5.41) is 1.65. The van der Waals surface area contributed by atoms with Crippen molar-refractivity contribution in [3.05, 3.63) is 45.1 Å². The van der Waals surface area contributed by atoms with Gasteiger partial charge in [0.25, 0.3) is 5.56 Å². The first-order valence-corrected chi connectivity index (χ1v) is 13.1. The average molecular weight is 473 g/mol. The lowest BCUT2D eigenvalue weighted by Crippen LogP contribution is -2.46. The molecule has 0 amide bonds. The monoisotopic (exact) mass is 472 g/mol. The van der Waals surface area contributed by atoms with Crippen molar-refractivity contribution in [3.63, 3.8) is 0 Å². The molecule has 3 aromatic rings. The number of piperazine rings is 1. The fraction of sp³-hybridized carbons (Fsp3) is 0.500. The van der Waals surface area contributed by atoms with E-state index in [0.717, 1.165) is 71.6 Å². The van der Waals surface area contributed by atoms with E-state index in [0.29, 0.717) is 6.54 Å². The van der Waals surface area contributed by atoms with Crippen LogP contribution in [0.1, 0.15) is 23.8 Å². The van der Waals surface area contributed by atoms with E-state index in [2.05, 4.69) is 28.9 Å². The number of rotatable bonds is 8. The van der Waals surface area contributed by atoms with E-state index < -0.39 is 0 Å². The summed E-state index contributed by atoms with van der Waals surface area (Å²) in [6.45, 7) is 12.0. The molecule has 1 saturated heterocycles. The Balaban J connectivity index is 1.31. The van der Waals surface area contributed by atoms with Crippen LogP contribution >= 0.6 is 23.1 Å². The second-order valence-corrected chi connectivity index (χ2v) is 10.4. The molecule has 172 valence electrons. The quantitative estimate of drug-likeness (QED) is 0.275. The number of thioether (sulfide) groups is 1. The number of hydrogen-bond donors (Lipinski definition) is 0. The largest absolute Gasteiger partial charge is 0.495 e. The average Bonchev–Trinajstić information content (AvgIpc) is 3.10. The van der Waals surface area contributed by atoms with Crippen LogP contribution < -0.4 is 15.2 Å². The van der Waals surface area contributed by atoms with Crippen molar-refractivity contribution in [1.82, 2.24) is 14.5 Å². The van der Waals surface area contributed by atoms with Gasteiger partial charge in [-0.25, -0.2) is 4.98 Å². The first kappa shape index (κ1) is 23.1. The predicted molar refractivity (Wildman–Crippen MR) is 136 cm³/mol. The molecule has 1 aliphatic rings. The van der Waals surface area contributed by atoms with Crippen LogP contribution in [0.25, 0.3) is 10.2 Å². The SMILES string of the molecule is CCn1c(SCCCN2CCN(c3ccccc3OC)CC2)nc2sc(C)c(C)c2c1=O. The number of ether oxygens (including phenoxy) is 1. The van der Waals surface area contributed by atoms with Crippen molar-refractivity contribution in [3.8, 4) is 5.75 Å². The van der Waals surface area contributed by atoms with Crippen molar-refractivity contribution in [2.75, 3.05) is 50.5 Å². The topological polar surface area (TPSA) is 50.6 Å². The number of methoxy groups -OCH3 is 1. The van der Waals surface area contributed by atoms with E-state index in [1.54, 1.807) is 30.2 Å². The van der Waals surface area contributed by atoms with Gasteiger partial charge in [-0.2, -0.15) is 0 Å². The van der Waals surface area contributed by atoms with Crippen LogP contribution in [0.2, 0.25) is 0 Å². The van der Waals surface area contributed by atoms with E-state index in [4.69, 9.17) is 9.72 Å². The molecule has 0 radical (unpaired) electrons. The summed E-state index contributed by atoms with van der Waals surface area (Å²) in [5.41, 5.74) is 2.37. The number of anilines is 1. The van der Waals surface area contributed by atoms with Gasteiger partial charge in [-0.3, -0.25) is 14.3 Å². The molecular weight excluding hydrogens is 440 g/mol. The molecule has 0 bridgehead atoms. The first-order chi connectivity index (χ1) is 15.5. The maximum Gasteiger partial charge on any atom is 0.263 e. The van der Waals surface area contributed by atoms with Crippen molar-refractivity contribution < 1.29 is 4.74 Å². The van der Waals surface area contributed by atoms with Crippen LogP contribution in [0, 0.1) is 13.8 Å². The first-order valence-electron chi connectivity index (χ1n) is 11.3. The van der Waals surface area contributed by atoms with Gasteiger partial charge in [0, 0.05) is 43.4 Å². The lowest BCUT2D eigenvalue weighted by Gasteiger charge is -2.36. The Morgan fingerprint density at radius 3 is 2.62 bits per heavy atom. The van der Waals surface area contributed by atoms with E-state index in [1.165, 1.54) is 10.6 Å². The normalized spacial score (nSPS) is 14.9. The summed E-state index contributed by atoms with van der Waals surface area (Å²) in [6.07, 6.45) is 1.08. The smallest absolute Gasteiger partial charge is 0.263 e. The Labute approximate surface area is 198 Å². The molecule has 3 heterocycles. The molecule has 4 rings (SSSR count). The van der Waals surface area contributed by atoms with Gasteiger partial charge < -0.3 is 9.64 Å². The summed E-state index contributed by atoms with van der Waals surface area (Å²) in [6, 6.07) is 8.25. The minimum Gasteiger partial charge on any atom is -0.495 e. The molecule has 0 unspecified atom stereocenters. The summed E-state index contributed by atoms with van der Waals surface area (Å²) in [5.74, 6) is 1.91. The van der Waals surface area contributed by atoms with Crippen molar-refractivity contribution in [1.29, 1.82) is 0 Å². The minimum absolute atomic E-state index is 0.106. The highest BCUT2D eigenvalue weighted by Gasteiger charge is 2.20. The van der Waals surface area contributed by atoms with Gasteiger partial charge in [0.15, 0.2) is 5.16 Å². The molecular formula is C24H32N4O2S2. The van der Waals surface area contributed by atoms with Gasteiger partial charge in [0.2, 0.25) is 0 Å². The number of fused-ring (bicyclic) bond motifs is 1. The molecule has 1 aromatic carbocycles. The van der Waals surface area contributed by atoms with Crippen LogP contribution in [0.5, 0.6) is 5.75 Å². The Morgan fingerprint density at radius 1 is 1.16 bits per heavy atom. The fourth-order valence-electron chi connectivity index (χ4n) is 4.25. The van der Waals surface area contributed by atoms with Crippen molar-refractivity contribution >= 4 is 39.0 Å². The minimum atomic E-state index is 0.106. The highest BCUT2D eigenvalue weighted by molar-refractivity contribution is 7.99. The van der Waals surface area contributed by atoms with Crippen molar-refractivity contribution in [2.45, 2.75) is 38.9 Å². The highest BCUT2D eigenvalue weighted by Crippen LogP contribution is 2.29. The third kappa shape index (κ3) is 4.67. The molecule has 6 nitrogen and oxygen atoms in total. The number of thiophene rings is 1. The fourth-order valence-corrected chi connectivity index (χ4v) is 6.31. The maximum atomic E-state index is 13.0. The standard InChI is InChI=1S/C24H32N4O2S2/c1-5-28-23(29)21-17(2)18(3)32-22(21)25-24(28)31-16-8-11-26-12-14-27(15-13-26)19-9-6-7-10-20(19)30-4/h6-7,9-10H,5,8,11-16H2,1-4H3. The zero-order chi connectivity index (χ0) is 22.7. The molecule has 0 N–H and O–H groups in total. The van der Waals surface area contributed by atoms with Crippen LogP contribution in [-0.4, -0.2) is 60.0 Å². The number of aromatic nitrogens is 2. The summed E-state index contributed by atoms with van der Waals surface area (Å²) in [4.78, 5) is 24.8. The molecule has 32 heavy (non-hydrogen) atoms. The molecule has 2 aromatic heterocycles. The van der Waals surface area contributed by atoms with E-state index in [-0.39, 0.29) is 5.56 Å². The van der Waals surface area contributed by atoms with Crippen LogP contribution in [0.15, 0.2) is 34.2 Å². The molecule has 0 atom stereocenters. The highest BCUT2D eigenvalue weighted by atomic mass is 32.2. The third-order valence-corrected chi connectivity index (χ3v) is 8.38. The summed E-state index contributed by atoms with van der Waals surface area (Å²) < 4.78 is 7.35. The number of aryl methyl sites for hydroxylation is 2. The van der Waals surface area contributed by atoms with Gasteiger partial charge in [-0.1, -0.05) is 23.9 Å². The molecule has 1 aliphatic heterocycles. The Bertz CT molecular complexity index is 1130. The van der Waals surface area contributed by atoms with Crippen LogP contribution in [0.3, 0.4) is 0 Å². The lowest BCUT2D eigenvalue weighted by molar-refractivity contribution is 0.258. The zero-order valence-corrected chi connectivity index (χ0v) is 21.0. The maximum absolute atomic E-state index is 13.0. The Hall–Kier alpha value is -2.03. The van der Waals surface area contributed by atoms with Gasteiger partial charge in [0.05, 0.1) is 18.2 Å². The predicted octanol–water partition coefficient (Wildman–Crippen LogP) is 4.41. The van der Waals surface area contributed by atoms with Gasteiger partial charge >= 0.3 is 0 Å². The molecule has 1 fully saturated rings. The Morgan fingerprint density at radius 2 is 1.91 bits per heavy atom. The second kappa shape index (κ2) is 10.3. The molecule has 8 heteroatoms. The van der Waals surface area contributed by atoms with Crippen LogP contribution in [0.4, 0.5) is 5.69 Å². The lowest BCUT2D eigenvalue weighted by atomic mass is 10.2. The van der Waals surface area contributed by atoms with Crippen LogP contribution in [-0.2, 0) is 6.54 Å². The van der Waals surface area contributed by atoms with E-state index >= 15 is 0 Å². The van der Waals surface area contributed by atoms with Gasteiger partial charge in [0.1, 0.15) is 10.6 Å².